The normalized spacial score (nSPS) is 34.8. The molecule has 2 rings (SSSR count). The number of hydrogen-bond acceptors (Lipinski definition) is 3. The van der Waals surface area contributed by atoms with Crippen molar-refractivity contribution in [3.63, 3.8) is 0 Å². The fraction of sp³-hybridized carbons (Fsp3) is 1.00. The van der Waals surface area contributed by atoms with Gasteiger partial charge in [0, 0.05) is 25.7 Å². The van der Waals surface area contributed by atoms with Crippen molar-refractivity contribution in [1.82, 2.24) is 10.2 Å². The van der Waals surface area contributed by atoms with Gasteiger partial charge in [0.15, 0.2) is 0 Å². The molecule has 0 saturated carbocycles. The van der Waals surface area contributed by atoms with Gasteiger partial charge in [-0.1, -0.05) is 0 Å². The van der Waals surface area contributed by atoms with Crippen LogP contribution in [-0.2, 0) is 4.74 Å². The van der Waals surface area contributed by atoms with E-state index in [9.17, 15) is 0 Å². The smallest absolute Gasteiger partial charge is 0.0760 e. The molecule has 0 aliphatic carbocycles. The van der Waals surface area contributed by atoms with Gasteiger partial charge in [0.05, 0.1) is 11.2 Å². The highest BCUT2D eigenvalue weighted by atomic mass is 16.5. The first-order chi connectivity index (χ1) is 6.86. The van der Waals surface area contributed by atoms with Crippen LogP contribution in [0.25, 0.3) is 0 Å². The van der Waals surface area contributed by atoms with Gasteiger partial charge in [-0.15, -0.1) is 0 Å². The Bertz CT molecular complexity index is 218. The standard InChI is InChI=1S/C12H24N2O/c1-11(2)8-14(7-10-5-6-13-10)9-12(3,4)15-11/h10,13H,5-9H2,1-4H3. The molecule has 0 spiro atoms. The molecule has 1 atom stereocenters. The topological polar surface area (TPSA) is 24.5 Å². The number of rotatable bonds is 2. The van der Waals surface area contributed by atoms with Gasteiger partial charge in [-0.3, -0.25) is 4.90 Å². The molecule has 2 heterocycles. The van der Waals surface area contributed by atoms with Gasteiger partial charge in [0.1, 0.15) is 0 Å². The van der Waals surface area contributed by atoms with Gasteiger partial charge in [-0.25, -0.2) is 0 Å². The van der Waals surface area contributed by atoms with Gasteiger partial charge in [-0.2, -0.15) is 0 Å². The maximum Gasteiger partial charge on any atom is 0.0760 e. The van der Waals surface area contributed by atoms with Crippen molar-refractivity contribution in [2.45, 2.75) is 51.4 Å². The summed E-state index contributed by atoms with van der Waals surface area (Å²) >= 11 is 0. The van der Waals surface area contributed by atoms with Crippen LogP contribution in [-0.4, -0.2) is 48.3 Å². The molecule has 2 saturated heterocycles. The first-order valence-corrected chi connectivity index (χ1v) is 6.02. The molecule has 0 amide bonds. The Morgan fingerprint density at radius 1 is 1.20 bits per heavy atom. The van der Waals surface area contributed by atoms with Gasteiger partial charge >= 0.3 is 0 Å². The minimum atomic E-state index is -0.00844. The van der Waals surface area contributed by atoms with Crippen LogP contribution in [0.3, 0.4) is 0 Å². The van der Waals surface area contributed by atoms with E-state index in [4.69, 9.17) is 4.74 Å². The van der Waals surface area contributed by atoms with Crippen LogP contribution in [0, 0.1) is 0 Å². The van der Waals surface area contributed by atoms with E-state index in [1.807, 2.05) is 0 Å². The van der Waals surface area contributed by atoms with Crippen LogP contribution in [0.5, 0.6) is 0 Å². The molecule has 0 radical (unpaired) electrons. The Morgan fingerprint density at radius 2 is 1.73 bits per heavy atom. The zero-order valence-corrected chi connectivity index (χ0v) is 10.5. The second-order valence-electron chi connectivity index (χ2n) is 6.23. The van der Waals surface area contributed by atoms with Crippen LogP contribution in [0.2, 0.25) is 0 Å². The quantitative estimate of drug-likeness (QED) is 0.745. The van der Waals surface area contributed by atoms with Gasteiger partial charge in [0.2, 0.25) is 0 Å². The highest BCUT2D eigenvalue weighted by Crippen LogP contribution is 2.28. The van der Waals surface area contributed by atoms with E-state index < -0.39 is 0 Å². The Balaban J connectivity index is 1.93. The van der Waals surface area contributed by atoms with Gasteiger partial charge in [-0.05, 0) is 40.7 Å². The summed E-state index contributed by atoms with van der Waals surface area (Å²) in [5.74, 6) is 0. The van der Waals surface area contributed by atoms with E-state index in [-0.39, 0.29) is 11.2 Å². The summed E-state index contributed by atoms with van der Waals surface area (Å²) < 4.78 is 6.06. The Kier molecular flexibility index (Phi) is 2.82. The van der Waals surface area contributed by atoms with Crippen molar-refractivity contribution >= 4 is 0 Å². The lowest BCUT2D eigenvalue weighted by Gasteiger charge is -2.48. The highest BCUT2D eigenvalue weighted by Gasteiger charge is 2.38. The second kappa shape index (κ2) is 3.72. The molecule has 1 unspecified atom stereocenters. The summed E-state index contributed by atoms with van der Waals surface area (Å²) in [5.41, 5.74) is -0.0169. The van der Waals surface area contributed by atoms with Gasteiger partial charge < -0.3 is 10.1 Å². The van der Waals surface area contributed by atoms with Crippen LogP contribution in [0.15, 0.2) is 0 Å². The molecule has 0 aromatic carbocycles. The molecule has 0 aromatic rings. The van der Waals surface area contributed by atoms with Crippen molar-refractivity contribution in [2.24, 2.45) is 0 Å². The predicted octanol–water partition coefficient (Wildman–Crippen LogP) is 1.24. The summed E-state index contributed by atoms with van der Waals surface area (Å²) in [6.07, 6.45) is 1.33. The Labute approximate surface area is 93.2 Å². The molecule has 3 heteroatoms. The monoisotopic (exact) mass is 212 g/mol. The number of ether oxygens (including phenoxy) is 1. The number of hydrogen-bond donors (Lipinski definition) is 1. The molecule has 15 heavy (non-hydrogen) atoms. The minimum Gasteiger partial charge on any atom is -0.367 e. The third kappa shape index (κ3) is 2.92. The molecule has 1 N–H and O–H groups in total. The fourth-order valence-electron chi connectivity index (χ4n) is 2.89. The van der Waals surface area contributed by atoms with E-state index >= 15 is 0 Å². The second-order valence-corrected chi connectivity index (χ2v) is 6.23. The van der Waals surface area contributed by atoms with Crippen LogP contribution < -0.4 is 5.32 Å². The SMILES string of the molecule is CC1(C)CN(CC2CCN2)CC(C)(C)O1. The highest BCUT2D eigenvalue weighted by molar-refractivity contribution is 4.92. The summed E-state index contributed by atoms with van der Waals surface area (Å²) in [6, 6.07) is 0.717. The zero-order valence-electron chi connectivity index (χ0n) is 10.5. The Hall–Kier alpha value is -0.120. The molecule has 3 nitrogen and oxygen atoms in total. The fourth-order valence-corrected chi connectivity index (χ4v) is 2.89. The lowest BCUT2D eigenvalue weighted by molar-refractivity contribution is -0.181. The minimum absolute atomic E-state index is 0.00844. The van der Waals surface area contributed by atoms with Crippen LogP contribution in [0.1, 0.15) is 34.1 Å². The first kappa shape index (κ1) is 11.4. The summed E-state index contributed by atoms with van der Waals surface area (Å²) in [5, 5.41) is 3.46. The molecule has 0 aromatic heterocycles. The summed E-state index contributed by atoms with van der Waals surface area (Å²) in [7, 11) is 0. The maximum absolute atomic E-state index is 6.06. The van der Waals surface area contributed by atoms with Gasteiger partial charge in [0.25, 0.3) is 0 Å². The molecule has 2 aliphatic rings. The number of morpholine rings is 1. The lowest BCUT2D eigenvalue weighted by atomic mass is 9.97. The molecule has 0 bridgehead atoms. The summed E-state index contributed by atoms with van der Waals surface area (Å²) in [4.78, 5) is 2.54. The van der Waals surface area contributed by atoms with Crippen LogP contribution >= 0.6 is 0 Å². The first-order valence-electron chi connectivity index (χ1n) is 6.02. The number of nitrogens with one attached hydrogen (secondary N) is 1. The maximum atomic E-state index is 6.06. The molecular weight excluding hydrogens is 188 g/mol. The van der Waals surface area contributed by atoms with Crippen molar-refractivity contribution < 1.29 is 4.74 Å². The largest absolute Gasteiger partial charge is 0.367 e. The third-order valence-electron chi connectivity index (χ3n) is 3.17. The van der Waals surface area contributed by atoms with E-state index in [1.54, 1.807) is 0 Å². The van der Waals surface area contributed by atoms with Crippen molar-refractivity contribution in [3.8, 4) is 0 Å². The van der Waals surface area contributed by atoms with Crippen molar-refractivity contribution in [2.75, 3.05) is 26.2 Å². The average molecular weight is 212 g/mol. The van der Waals surface area contributed by atoms with Crippen molar-refractivity contribution in [1.29, 1.82) is 0 Å². The average Bonchev–Trinajstić information content (AvgIpc) is 1.90. The zero-order chi connectivity index (χ0) is 11.1. The van der Waals surface area contributed by atoms with E-state index in [1.165, 1.54) is 19.5 Å². The van der Waals surface area contributed by atoms with Crippen LogP contribution in [0.4, 0.5) is 0 Å². The van der Waals surface area contributed by atoms with E-state index in [0.29, 0.717) is 0 Å². The third-order valence-corrected chi connectivity index (χ3v) is 3.17. The predicted molar refractivity (Wildman–Crippen MR) is 62.1 cm³/mol. The number of nitrogens with zero attached hydrogens (tertiary/aromatic N) is 1. The molecule has 2 aliphatic heterocycles. The van der Waals surface area contributed by atoms with E-state index in [2.05, 4.69) is 37.9 Å². The van der Waals surface area contributed by atoms with E-state index in [0.717, 1.165) is 19.1 Å². The molecular formula is C12H24N2O. The Morgan fingerprint density at radius 3 is 2.13 bits per heavy atom. The lowest BCUT2D eigenvalue weighted by Crippen LogP contribution is -2.61. The molecule has 88 valence electrons. The van der Waals surface area contributed by atoms with Crippen molar-refractivity contribution in [3.05, 3.63) is 0 Å². The molecule has 2 fully saturated rings. The summed E-state index contributed by atoms with van der Waals surface area (Å²) in [6.45, 7) is 13.2.